The van der Waals surface area contributed by atoms with Crippen LogP contribution in [-0.2, 0) is 29.2 Å². The van der Waals surface area contributed by atoms with E-state index in [0.717, 1.165) is 12.1 Å². The molecule has 0 radical (unpaired) electrons. The van der Waals surface area contributed by atoms with Gasteiger partial charge < -0.3 is 15.4 Å². The molecule has 0 saturated heterocycles. The molecule has 2 amide bonds. The van der Waals surface area contributed by atoms with E-state index in [1.165, 1.54) is 12.2 Å². The standard InChI is InChI=1S/C19H18N6O8/c1-3-5-22-17(28)23(6-4-2)19(30)24(18(22)29)9-15(26)20-11-7-12-14(8-13(11)25(31)32)33-10-16(27)21-12/h3-4,7-8H,1-2,5-6,9-10H2,(H,20,26)(H,21,27). The summed E-state index contributed by atoms with van der Waals surface area (Å²) < 4.78 is 7.06. The largest absolute Gasteiger partial charge is 0.481 e. The number of rotatable bonds is 8. The summed E-state index contributed by atoms with van der Waals surface area (Å²) >= 11 is 0. The molecular formula is C19H18N6O8. The van der Waals surface area contributed by atoms with Crippen LogP contribution >= 0.6 is 0 Å². The molecule has 33 heavy (non-hydrogen) atoms. The zero-order valence-electron chi connectivity index (χ0n) is 17.1. The number of allylic oxidation sites excluding steroid dienone is 2. The Labute approximate surface area is 184 Å². The summed E-state index contributed by atoms with van der Waals surface area (Å²) in [5, 5.41) is 16.1. The Morgan fingerprint density at radius 2 is 1.67 bits per heavy atom. The molecule has 2 heterocycles. The van der Waals surface area contributed by atoms with Gasteiger partial charge in [-0.25, -0.2) is 28.1 Å². The monoisotopic (exact) mass is 458 g/mol. The number of hydrogen-bond acceptors (Lipinski definition) is 8. The van der Waals surface area contributed by atoms with Crippen LogP contribution in [0.2, 0.25) is 0 Å². The van der Waals surface area contributed by atoms with Crippen LogP contribution in [0.1, 0.15) is 0 Å². The van der Waals surface area contributed by atoms with Crippen molar-refractivity contribution < 1.29 is 19.2 Å². The number of benzene rings is 1. The van der Waals surface area contributed by atoms with E-state index in [-0.39, 0.29) is 36.8 Å². The van der Waals surface area contributed by atoms with E-state index in [1.54, 1.807) is 0 Å². The van der Waals surface area contributed by atoms with Gasteiger partial charge in [-0.05, 0) is 6.07 Å². The first kappa shape index (κ1) is 22.9. The Bertz CT molecular complexity index is 1320. The van der Waals surface area contributed by atoms with Gasteiger partial charge in [0, 0.05) is 0 Å². The fraction of sp³-hybridized carbons (Fsp3) is 0.211. The van der Waals surface area contributed by atoms with Gasteiger partial charge in [-0.2, -0.15) is 0 Å². The Hall–Kier alpha value is -4.75. The minimum atomic E-state index is -1.05. The molecule has 1 aromatic heterocycles. The van der Waals surface area contributed by atoms with Crippen LogP contribution in [0.25, 0.3) is 0 Å². The van der Waals surface area contributed by atoms with Crippen LogP contribution in [0, 0.1) is 10.1 Å². The maximum absolute atomic E-state index is 12.6. The van der Waals surface area contributed by atoms with Crippen LogP contribution in [0.4, 0.5) is 17.1 Å². The van der Waals surface area contributed by atoms with Crippen LogP contribution in [0.5, 0.6) is 5.75 Å². The van der Waals surface area contributed by atoms with Gasteiger partial charge in [0.05, 0.1) is 29.8 Å². The van der Waals surface area contributed by atoms with Crippen molar-refractivity contribution in [1.82, 2.24) is 13.7 Å². The number of aromatic nitrogens is 3. The minimum absolute atomic E-state index is 0.0410. The molecule has 172 valence electrons. The van der Waals surface area contributed by atoms with Gasteiger partial charge >= 0.3 is 17.1 Å². The van der Waals surface area contributed by atoms with Crippen molar-refractivity contribution in [2.24, 2.45) is 0 Å². The number of carbonyl (C=O) groups excluding carboxylic acids is 2. The van der Waals surface area contributed by atoms with Crippen molar-refractivity contribution in [3.63, 3.8) is 0 Å². The molecule has 0 unspecified atom stereocenters. The predicted octanol–water partition coefficient (Wildman–Crippen LogP) is -0.578. The van der Waals surface area contributed by atoms with E-state index in [2.05, 4.69) is 23.8 Å². The Morgan fingerprint density at radius 1 is 1.09 bits per heavy atom. The summed E-state index contributed by atoms with van der Waals surface area (Å²) in [6.07, 6.45) is 2.53. The number of nitro groups is 1. The zero-order valence-corrected chi connectivity index (χ0v) is 17.1. The molecule has 0 saturated carbocycles. The number of hydrogen-bond donors (Lipinski definition) is 2. The van der Waals surface area contributed by atoms with Crippen molar-refractivity contribution >= 4 is 28.9 Å². The Balaban J connectivity index is 2.01. The van der Waals surface area contributed by atoms with Crippen molar-refractivity contribution in [3.8, 4) is 5.75 Å². The van der Waals surface area contributed by atoms with Gasteiger partial charge in [0.25, 0.3) is 11.6 Å². The average Bonchev–Trinajstić information content (AvgIpc) is 2.76. The van der Waals surface area contributed by atoms with Crippen molar-refractivity contribution in [3.05, 3.63) is 79.0 Å². The fourth-order valence-corrected chi connectivity index (χ4v) is 3.09. The third kappa shape index (κ3) is 4.48. The topological polar surface area (TPSA) is 177 Å². The summed E-state index contributed by atoms with van der Waals surface area (Å²) in [6.45, 7) is 5.30. The zero-order chi connectivity index (χ0) is 24.3. The van der Waals surface area contributed by atoms with Gasteiger partial charge in [0.2, 0.25) is 5.91 Å². The van der Waals surface area contributed by atoms with Crippen LogP contribution < -0.4 is 32.4 Å². The van der Waals surface area contributed by atoms with Crippen LogP contribution in [0.3, 0.4) is 0 Å². The third-order valence-corrected chi connectivity index (χ3v) is 4.51. The maximum Gasteiger partial charge on any atom is 0.337 e. The third-order valence-electron chi connectivity index (χ3n) is 4.51. The minimum Gasteiger partial charge on any atom is -0.481 e. The van der Waals surface area contributed by atoms with Gasteiger partial charge in [-0.15, -0.1) is 13.2 Å². The summed E-state index contributed by atoms with van der Waals surface area (Å²) in [6, 6.07) is 2.15. The second-order valence-electron chi connectivity index (χ2n) is 6.74. The Kier molecular flexibility index (Phi) is 6.37. The maximum atomic E-state index is 12.6. The molecule has 0 atom stereocenters. The van der Waals surface area contributed by atoms with Crippen molar-refractivity contribution in [2.45, 2.75) is 19.6 Å². The van der Waals surface area contributed by atoms with E-state index in [4.69, 9.17) is 4.74 Å². The average molecular weight is 458 g/mol. The number of anilines is 2. The molecule has 2 aromatic rings. The predicted molar refractivity (Wildman–Crippen MR) is 115 cm³/mol. The van der Waals surface area contributed by atoms with E-state index in [0.29, 0.717) is 13.7 Å². The lowest BCUT2D eigenvalue weighted by Crippen LogP contribution is -2.55. The molecular weight excluding hydrogens is 440 g/mol. The lowest BCUT2D eigenvalue weighted by atomic mass is 10.2. The molecule has 1 aromatic carbocycles. The molecule has 1 aliphatic rings. The SMILES string of the molecule is C=CCn1c(=O)n(CC=C)c(=O)n(CC(=O)Nc2cc3c(cc2[N+](=O)[O-])OCC(=O)N3)c1=O. The number of ether oxygens (including phenoxy) is 1. The molecule has 3 rings (SSSR count). The molecule has 0 bridgehead atoms. The van der Waals surface area contributed by atoms with Crippen LogP contribution in [0.15, 0.2) is 51.8 Å². The fourth-order valence-electron chi connectivity index (χ4n) is 3.09. The highest BCUT2D eigenvalue weighted by Gasteiger charge is 2.25. The molecule has 2 N–H and O–H groups in total. The van der Waals surface area contributed by atoms with Gasteiger partial charge in [-0.3, -0.25) is 19.7 Å². The smallest absolute Gasteiger partial charge is 0.337 e. The molecule has 0 fully saturated rings. The second-order valence-corrected chi connectivity index (χ2v) is 6.74. The van der Waals surface area contributed by atoms with E-state index in [9.17, 15) is 34.1 Å². The van der Waals surface area contributed by atoms with E-state index < -0.39 is 46.0 Å². The van der Waals surface area contributed by atoms with Gasteiger partial charge in [-0.1, -0.05) is 12.2 Å². The molecule has 1 aliphatic heterocycles. The molecule has 14 heteroatoms. The van der Waals surface area contributed by atoms with Gasteiger partial charge in [0.15, 0.2) is 12.4 Å². The number of nitrogens with one attached hydrogen (secondary N) is 2. The summed E-state index contributed by atoms with van der Waals surface area (Å²) in [7, 11) is 0. The van der Waals surface area contributed by atoms with Gasteiger partial charge in [0.1, 0.15) is 12.2 Å². The quantitative estimate of drug-likeness (QED) is 0.300. The number of carbonyl (C=O) groups is 2. The number of amides is 2. The first-order valence-corrected chi connectivity index (χ1v) is 9.39. The highest BCUT2D eigenvalue weighted by molar-refractivity contribution is 5.99. The number of nitrogens with zero attached hydrogens (tertiary/aromatic N) is 4. The lowest BCUT2D eigenvalue weighted by Gasteiger charge is -2.19. The summed E-state index contributed by atoms with van der Waals surface area (Å²) in [4.78, 5) is 72.5. The highest BCUT2D eigenvalue weighted by Crippen LogP contribution is 2.37. The molecule has 14 nitrogen and oxygen atoms in total. The summed E-state index contributed by atoms with van der Waals surface area (Å²) in [5.74, 6) is -1.42. The lowest BCUT2D eigenvalue weighted by molar-refractivity contribution is -0.384. The summed E-state index contributed by atoms with van der Waals surface area (Å²) in [5.41, 5.74) is -3.75. The normalized spacial score (nSPS) is 12.2. The number of nitro benzene ring substituents is 1. The van der Waals surface area contributed by atoms with Crippen LogP contribution in [-0.4, -0.2) is 37.0 Å². The second kappa shape index (κ2) is 9.17. The van der Waals surface area contributed by atoms with E-state index in [1.807, 2.05) is 0 Å². The first-order chi connectivity index (χ1) is 15.7. The first-order valence-electron chi connectivity index (χ1n) is 9.39. The highest BCUT2D eigenvalue weighted by atomic mass is 16.6. The molecule has 0 aliphatic carbocycles. The Morgan fingerprint density at radius 3 is 2.21 bits per heavy atom. The number of fused-ring (bicyclic) bond motifs is 1. The molecule has 0 spiro atoms. The van der Waals surface area contributed by atoms with E-state index >= 15 is 0 Å². The van der Waals surface area contributed by atoms with Crippen molar-refractivity contribution in [1.29, 1.82) is 0 Å². The van der Waals surface area contributed by atoms with Crippen molar-refractivity contribution in [2.75, 3.05) is 17.2 Å².